The molecule has 1 aromatic heterocycles. The standard InChI is InChI=1S/C29H38N4O5S/c1-5-32(6-2)12-7-13-33(29(39)30-11-10-20-8-9-24(35-3)25(14-20)36-4)18-22-15-21-16-26-27(38-19-37-26)17-23(21)31-28(22)34/h8-9,14-17H,5-7,10-13,18-19H2,1-4H3,(H,30,39)(H,31,34). The highest BCUT2D eigenvalue weighted by atomic mass is 32.1. The van der Waals surface area contributed by atoms with Crippen LogP contribution in [0.25, 0.3) is 10.9 Å². The average molecular weight is 555 g/mol. The molecule has 4 rings (SSSR count). The van der Waals surface area contributed by atoms with Gasteiger partial charge in [0.1, 0.15) is 0 Å². The fourth-order valence-corrected chi connectivity index (χ4v) is 4.96. The first kappa shape index (κ1) is 28.5. The number of nitrogens with one attached hydrogen (secondary N) is 2. The van der Waals surface area contributed by atoms with Gasteiger partial charge in [0.25, 0.3) is 5.56 Å². The van der Waals surface area contributed by atoms with Gasteiger partial charge in [-0.25, -0.2) is 0 Å². The Labute approximate surface area is 235 Å². The van der Waals surface area contributed by atoms with Gasteiger partial charge in [-0.15, -0.1) is 0 Å². The quantitative estimate of drug-likeness (QED) is 0.305. The molecule has 0 saturated heterocycles. The minimum absolute atomic E-state index is 0.136. The number of rotatable bonds is 13. The van der Waals surface area contributed by atoms with Crippen molar-refractivity contribution >= 4 is 28.2 Å². The molecular formula is C29H38N4O5S. The predicted molar refractivity (Wildman–Crippen MR) is 157 cm³/mol. The highest BCUT2D eigenvalue weighted by molar-refractivity contribution is 7.80. The number of aromatic amines is 1. The van der Waals surface area contributed by atoms with Crippen molar-refractivity contribution in [2.24, 2.45) is 0 Å². The largest absolute Gasteiger partial charge is 0.493 e. The van der Waals surface area contributed by atoms with Crippen LogP contribution < -0.4 is 29.8 Å². The minimum Gasteiger partial charge on any atom is -0.493 e. The molecule has 0 radical (unpaired) electrons. The van der Waals surface area contributed by atoms with E-state index in [2.05, 4.69) is 33.9 Å². The number of methoxy groups -OCH3 is 2. The van der Waals surface area contributed by atoms with Crippen LogP contribution in [-0.4, -0.2) is 73.6 Å². The number of pyridine rings is 1. The van der Waals surface area contributed by atoms with Crippen molar-refractivity contribution in [2.45, 2.75) is 33.2 Å². The minimum atomic E-state index is -0.136. The lowest BCUT2D eigenvalue weighted by molar-refractivity contribution is 0.174. The van der Waals surface area contributed by atoms with Crippen LogP contribution in [0.2, 0.25) is 0 Å². The Kier molecular flexibility index (Phi) is 9.89. The second kappa shape index (κ2) is 13.5. The number of H-pyrrole nitrogens is 1. The van der Waals surface area contributed by atoms with E-state index < -0.39 is 0 Å². The zero-order valence-corrected chi connectivity index (χ0v) is 24.0. The van der Waals surface area contributed by atoms with E-state index in [0.717, 1.165) is 55.5 Å². The van der Waals surface area contributed by atoms with Crippen molar-refractivity contribution in [1.29, 1.82) is 0 Å². The Morgan fingerprint density at radius 2 is 1.77 bits per heavy atom. The van der Waals surface area contributed by atoms with Crippen LogP contribution in [0.4, 0.5) is 0 Å². The van der Waals surface area contributed by atoms with Gasteiger partial charge in [0.2, 0.25) is 6.79 Å². The van der Waals surface area contributed by atoms with E-state index >= 15 is 0 Å². The molecule has 39 heavy (non-hydrogen) atoms. The summed E-state index contributed by atoms with van der Waals surface area (Å²) in [6, 6.07) is 11.5. The molecule has 1 aliphatic heterocycles. The summed E-state index contributed by atoms with van der Waals surface area (Å²) in [5.41, 5.74) is 2.34. The average Bonchev–Trinajstić information content (AvgIpc) is 3.40. The molecule has 210 valence electrons. The number of aromatic nitrogens is 1. The lowest BCUT2D eigenvalue weighted by Gasteiger charge is -2.27. The molecule has 2 heterocycles. The zero-order valence-electron chi connectivity index (χ0n) is 23.2. The number of fused-ring (bicyclic) bond motifs is 2. The molecule has 0 atom stereocenters. The molecule has 2 N–H and O–H groups in total. The fourth-order valence-electron chi connectivity index (χ4n) is 4.70. The van der Waals surface area contributed by atoms with Gasteiger partial charge in [0, 0.05) is 30.1 Å². The number of nitrogens with zero attached hydrogens (tertiary/aromatic N) is 2. The van der Waals surface area contributed by atoms with E-state index in [-0.39, 0.29) is 12.4 Å². The van der Waals surface area contributed by atoms with Gasteiger partial charge in [-0.05, 0) is 74.5 Å². The third kappa shape index (κ3) is 7.13. The van der Waals surface area contributed by atoms with Crippen molar-refractivity contribution < 1.29 is 18.9 Å². The molecule has 0 saturated carbocycles. The van der Waals surface area contributed by atoms with Crippen LogP contribution in [0.1, 0.15) is 31.4 Å². The molecule has 3 aromatic rings. The summed E-state index contributed by atoms with van der Waals surface area (Å²) in [5, 5.41) is 4.92. The van der Waals surface area contributed by atoms with Crippen molar-refractivity contribution in [2.75, 3.05) is 53.7 Å². The second-order valence-corrected chi connectivity index (χ2v) is 9.78. The van der Waals surface area contributed by atoms with Gasteiger partial charge in [-0.1, -0.05) is 19.9 Å². The first-order chi connectivity index (χ1) is 18.9. The molecule has 0 unspecified atom stereocenters. The normalized spacial score (nSPS) is 12.1. The van der Waals surface area contributed by atoms with E-state index in [9.17, 15) is 4.79 Å². The monoisotopic (exact) mass is 554 g/mol. The summed E-state index contributed by atoms with van der Waals surface area (Å²) < 4.78 is 21.7. The molecule has 2 aromatic carbocycles. The molecule has 0 aliphatic carbocycles. The van der Waals surface area contributed by atoms with Crippen molar-refractivity contribution in [1.82, 2.24) is 20.1 Å². The smallest absolute Gasteiger partial charge is 0.253 e. The Hall–Kier alpha value is -3.50. The van der Waals surface area contributed by atoms with Crippen molar-refractivity contribution in [3.8, 4) is 23.0 Å². The summed E-state index contributed by atoms with van der Waals surface area (Å²) in [4.78, 5) is 20.5. The van der Waals surface area contributed by atoms with Gasteiger partial charge in [-0.3, -0.25) is 4.79 Å². The Balaban J connectivity index is 1.46. The topological polar surface area (TPSA) is 88.3 Å². The molecule has 0 bridgehead atoms. The van der Waals surface area contributed by atoms with Crippen LogP contribution in [0, 0.1) is 0 Å². The van der Waals surface area contributed by atoms with E-state index in [4.69, 9.17) is 31.2 Å². The van der Waals surface area contributed by atoms with Gasteiger partial charge in [-0.2, -0.15) is 0 Å². The van der Waals surface area contributed by atoms with Crippen LogP contribution >= 0.6 is 12.2 Å². The molecule has 0 amide bonds. The van der Waals surface area contributed by atoms with Crippen molar-refractivity contribution in [3.05, 3.63) is 57.9 Å². The van der Waals surface area contributed by atoms with Crippen LogP contribution in [0.5, 0.6) is 23.0 Å². The maximum Gasteiger partial charge on any atom is 0.253 e. The van der Waals surface area contributed by atoms with Crippen LogP contribution in [0.15, 0.2) is 41.2 Å². The third-order valence-corrected chi connectivity index (χ3v) is 7.40. The summed E-state index contributed by atoms with van der Waals surface area (Å²) in [5.74, 6) is 2.73. The molecule has 0 fully saturated rings. The predicted octanol–water partition coefficient (Wildman–Crippen LogP) is 3.93. The summed E-state index contributed by atoms with van der Waals surface area (Å²) in [6.07, 6.45) is 1.70. The summed E-state index contributed by atoms with van der Waals surface area (Å²) in [6.45, 7) is 9.29. The highest BCUT2D eigenvalue weighted by Crippen LogP contribution is 2.35. The van der Waals surface area contributed by atoms with Crippen molar-refractivity contribution in [3.63, 3.8) is 0 Å². The van der Waals surface area contributed by atoms with Crippen LogP contribution in [-0.2, 0) is 13.0 Å². The Morgan fingerprint density at radius 1 is 1.03 bits per heavy atom. The summed E-state index contributed by atoms with van der Waals surface area (Å²) >= 11 is 5.83. The Bertz CT molecular complexity index is 1340. The molecular weight excluding hydrogens is 516 g/mol. The SMILES string of the molecule is CCN(CC)CCCN(Cc1cc2cc3c(cc2[nH]c1=O)OCO3)C(=S)NCCc1ccc(OC)c(OC)c1. The van der Waals surface area contributed by atoms with Gasteiger partial charge in [0.15, 0.2) is 28.1 Å². The number of ether oxygens (including phenoxy) is 4. The maximum atomic E-state index is 13.0. The highest BCUT2D eigenvalue weighted by Gasteiger charge is 2.18. The second-order valence-electron chi connectivity index (χ2n) is 9.39. The van der Waals surface area contributed by atoms with Gasteiger partial charge < -0.3 is 39.0 Å². The lowest BCUT2D eigenvalue weighted by atomic mass is 10.1. The zero-order chi connectivity index (χ0) is 27.8. The third-order valence-electron chi connectivity index (χ3n) is 7.00. The molecule has 1 aliphatic rings. The van der Waals surface area contributed by atoms with E-state index in [1.165, 1.54) is 0 Å². The molecule has 10 heteroatoms. The number of thiocarbonyl (C=S) groups is 1. The number of benzene rings is 2. The first-order valence-corrected chi connectivity index (χ1v) is 13.8. The first-order valence-electron chi connectivity index (χ1n) is 13.4. The van der Waals surface area contributed by atoms with Gasteiger partial charge >= 0.3 is 0 Å². The number of hydrogen-bond donors (Lipinski definition) is 2. The molecule has 9 nitrogen and oxygen atoms in total. The van der Waals surface area contributed by atoms with Gasteiger partial charge in [0.05, 0.1) is 26.3 Å². The maximum absolute atomic E-state index is 13.0. The number of hydrogen-bond acceptors (Lipinski definition) is 7. The van der Waals surface area contributed by atoms with Crippen LogP contribution in [0.3, 0.4) is 0 Å². The Morgan fingerprint density at radius 3 is 2.49 bits per heavy atom. The lowest BCUT2D eigenvalue weighted by Crippen LogP contribution is -2.42. The van der Waals surface area contributed by atoms with E-state index in [1.54, 1.807) is 14.2 Å². The van der Waals surface area contributed by atoms with E-state index in [0.29, 0.717) is 46.8 Å². The molecule has 0 spiro atoms. The van der Waals surface area contributed by atoms with E-state index in [1.807, 2.05) is 36.4 Å². The fraction of sp³-hybridized carbons (Fsp3) is 0.448. The summed E-state index contributed by atoms with van der Waals surface area (Å²) in [7, 11) is 3.26.